The number of alkyl halides is 3. The molecule has 4 heteroatoms. The Balaban J connectivity index is 1.93. The lowest BCUT2D eigenvalue weighted by Crippen LogP contribution is -2.25. The summed E-state index contributed by atoms with van der Waals surface area (Å²) in [5.41, 5.74) is 0.213. The second-order valence-corrected chi connectivity index (χ2v) is 6.52. The Hall–Kier alpha value is -1.03. The van der Waals surface area contributed by atoms with Gasteiger partial charge in [-0.2, -0.15) is 13.2 Å². The lowest BCUT2D eigenvalue weighted by Gasteiger charge is -2.25. The molecule has 1 aliphatic rings. The van der Waals surface area contributed by atoms with Crippen LogP contribution in [0.1, 0.15) is 44.2 Å². The minimum absolute atomic E-state index is 0.00606. The Morgan fingerprint density at radius 2 is 1.90 bits per heavy atom. The zero-order chi connectivity index (χ0) is 14.8. The monoisotopic (exact) mass is 285 g/mol. The fraction of sp³-hybridized carbons (Fsp3) is 0.625. The smallest absolute Gasteiger partial charge is 0.314 e. The highest BCUT2D eigenvalue weighted by atomic mass is 19.4. The van der Waals surface area contributed by atoms with Crippen molar-refractivity contribution in [3.8, 4) is 0 Å². The van der Waals surface area contributed by atoms with Crippen LogP contribution in [0, 0.1) is 5.41 Å². The molecule has 0 atom stereocenters. The highest BCUT2D eigenvalue weighted by molar-refractivity contribution is 5.26. The van der Waals surface area contributed by atoms with Crippen LogP contribution in [0.3, 0.4) is 0 Å². The number of benzene rings is 1. The minimum atomic E-state index is -4.26. The molecule has 112 valence electrons. The van der Waals surface area contributed by atoms with Crippen LogP contribution in [0.4, 0.5) is 13.2 Å². The van der Waals surface area contributed by atoms with E-state index in [-0.39, 0.29) is 5.41 Å². The van der Waals surface area contributed by atoms with Crippen molar-refractivity contribution in [1.82, 2.24) is 5.32 Å². The van der Waals surface area contributed by atoms with Crippen LogP contribution in [0.5, 0.6) is 0 Å². The first kappa shape index (κ1) is 15.4. The Labute approximate surface area is 118 Å². The summed E-state index contributed by atoms with van der Waals surface area (Å²) in [4.78, 5) is 0. The van der Waals surface area contributed by atoms with E-state index in [1.54, 1.807) is 6.07 Å². The van der Waals surface area contributed by atoms with Gasteiger partial charge in [0.1, 0.15) is 0 Å². The van der Waals surface area contributed by atoms with Gasteiger partial charge in [-0.3, -0.25) is 0 Å². The summed E-state index contributed by atoms with van der Waals surface area (Å²) in [6.45, 7) is 5.17. The fourth-order valence-electron chi connectivity index (χ4n) is 2.40. The van der Waals surface area contributed by atoms with Crippen molar-refractivity contribution in [3.05, 3.63) is 35.4 Å². The summed E-state index contributed by atoms with van der Waals surface area (Å²) in [6, 6.07) is 6.36. The number of hydrogen-bond acceptors (Lipinski definition) is 1. The SMILES string of the molecule is CC(C)(CCNC1CC1)Cc1cccc(C(F)(F)F)c1. The van der Waals surface area contributed by atoms with E-state index in [1.807, 2.05) is 0 Å². The topological polar surface area (TPSA) is 12.0 Å². The van der Waals surface area contributed by atoms with Crippen molar-refractivity contribution in [3.63, 3.8) is 0 Å². The number of halogens is 3. The molecule has 1 saturated carbocycles. The van der Waals surface area contributed by atoms with Gasteiger partial charge in [0.2, 0.25) is 0 Å². The molecule has 0 heterocycles. The molecule has 20 heavy (non-hydrogen) atoms. The zero-order valence-electron chi connectivity index (χ0n) is 12.1. The molecule has 1 nitrogen and oxygen atoms in total. The van der Waals surface area contributed by atoms with Crippen LogP contribution in [-0.4, -0.2) is 12.6 Å². The van der Waals surface area contributed by atoms with E-state index < -0.39 is 11.7 Å². The van der Waals surface area contributed by atoms with Gasteiger partial charge in [-0.1, -0.05) is 32.0 Å². The first-order chi connectivity index (χ1) is 9.26. The van der Waals surface area contributed by atoms with E-state index >= 15 is 0 Å². The summed E-state index contributed by atoms with van der Waals surface area (Å²) < 4.78 is 38.1. The molecule has 1 fully saturated rings. The van der Waals surface area contributed by atoms with E-state index in [0.717, 1.165) is 24.6 Å². The first-order valence-corrected chi connectivity index (χ1v) is 7.16. The van der Waals surface area contributed by atoms with Gasteiger partial charge in [0.15, 0.2) is 0 Å². The summed E-state index contributed by atoms with van der Waals surface area (Å²) >= 11 is 0. The summed E-state index contributed by atoms with van der Waals surface area (Å²) in [5.74, 6) is 0. The average molecular weight is 285 g/mol. The molecule has 0 bridgehead atoms. The molecular formula is C16H22F3N. The maximum atomic E-state index is 12.7. The van der Waals surface area contributed by atoms with Crippen molar-refractivity contribution >= 4 is 0 Å². The number of hydrogen-bond donors (Lipinski definition) is 1. The maximum Gasteiger partial charge on any atom is 0.416 e. The third kappa shape index (κ3) is 4.82. The highest BCUT2D eigenvalue weighted by Crippen LogP contribution is 2.32. The molecule has 0 spiro atoms. The number of rotatable bonds is 6. The molecule has 1 aromatic rings. The van der Waals surface area contributed by atoms with E-state index in [0.29, 0.717) is 12.5 Å². The first-order valence-electron chi connectivity index (χ1n) is 7.16. The van der Waals surface area contributed by atoms with E-state index in [2.05, 4.69) is 19.2 Å². The van der Waals surface area contributed by atoms with Crippen molar-refractivity contribution < 1.29 is 13.2 Å². The summed E-state index contributed by atoms with van der Waals surface area (Å²) in [6.07, 6.45) is -0.0984. The predicted octanol–water partition coefficient (Wildman–Crippen LogP) is 4.42. The van der Waals surface area contributed by atoms with Gasteiger partial charge in [-0.05, 0) is 49.3 Å². The van der Waals surface area contributed by atoms with E-state index in [9.17, 15) is 13.2 Å². The van der Waals surface area contributed by atoms with Gasteiger partial charge in [0.25, 0.3) is 0 Å². The highest BCUT2D eigenvalue weighted by Gasteiger charge is 2.31. The van der Waals surface area contributed by atoms with Gasteiger partial charge < -0.3 is 5.32 Å². The second-order valence-electron chi connectivity index (χ2n) is 6.52. The normalized spacial score (nSPS) is 16.4. The summed E-state index contributed by atoms with van der Waals surface area (Å²) in [5, 5.41) is 3.45. The molecule has 0 amide bonds. The lowest BCUT2D eigenvalue weighted by molar-refractivity contribution is -0.137. The quantitative estimate of drug-likeness (QED) is 0.816. The maximum absolute atomic E-state index is 12.7. The predicted molar refractivity (Wildman–Crippen MR) is 74.6 cm³/mol. The molecule has 1 aromatic carbocycles. The fourth-order valence-corrected chi connectivity index (χ4v) is 2.40. The standard InChI is InChI=1S/C16H22F3N/c1-15(2,8-9-20-14-6-7-14)11-12-4-3-5-13(10-12)16(17,18)19/h3-5,10,14,20H,6-9,11H2,1-2H3. The van der Waals surface area contributed by atoms with Crippen LogP contribution in [-0.2, 0) is 12.6 Å². The van der Waals surface area contributed by atoms with Crippen LogP contribution >= 0.6 is 0 Å². The van der Waals surface area contributed by atoms with Gasteiger partial charge in [0, 0.05) is 6.04 Å². The van der Waals surface area contributed by atoms with Gasteiger partial charge in [-0.15, -0.1) is 0 Å². The Morgan fingerprint density at radius 3 is 2.50 bits per heavy atom. The molecular weight excluding hydrogens is 263 g/mol. The average Bonchev–Trinajstić information content (AvgIpc) is 3.11. The molecule has 0 aromatic heterocycles. The van der Waals surface area contributed by atoms with Crippen LogP contribution in [0.25, 0.3) is 0 Å². The van der Waals surface area contributed by atoms with Crippen molar-refractivity contribution in [2.75, 3.05) is 6.54 Å². The third-order valence-electron chi connectivity index (χ3n) is 3.75. The second kappa shape index (κ2) is 5.76. The minimum Gasteiger partial charge on any atom is -0.314 e. The van der Waals surface area contributed by atoms with Gasteiger partial charge in [-0.25, -0.2) is 0 Å². The van der Waals surface area contributed by atoms with Gasteiger partial charge in [0.05, 0.1) is 5.56 Å². The van der Waals surface area contributed by atoms with E-state index in [4.69, 9.17) is 0 Å². The summed E-state index contributed by atoms with van der Waals surface area (Å²) in [7, 11) is 0. The molecule has 1 N–H and O–H groups in total. The Bertz CT molecular complexity index is 447. The largest absolute Gasteiger partial charge is 0.416 e. The molecule has 0 aliphatic heterocycles. The third-order valence-corrected chi connectivity index (χ3v) is 3.75. The van der Waals surface area contributed by atoms with Crippen LogP contribution in [0.15, 0.2) is 24.3 Å². The Kier molecular flexibility index (Phi) is 4.43. The van der Waals surface area contributed by atoms with Crippen LogP contribution < -0.4 is 5.32 Å². The molecule has 0 unspecified atom stereocenters. The van der Waals surface area contributed by atoms with Gasteiger partial charge >= 0.3 is 6.18 Å². The molecule has 0 saturated heterocycles. The van der Waals surface area contributed by atoms with Crippen molar-refractivity contribution in [2.45, 2.75) is 51.7 Å². The number of nitrogens with one attached hydrogen (secondary N) is 1. The molecule has 1 aliphatic carbocycles. The zero-order valence-corrected chi connectivity index (χ0v) is 12.1. The van der Waals surface area contributed by atoms with Crippen molar-refractivity contribution in [1.29, 1.82) is 0 Å². The molecule has 0 radical (unpaired) electrons. The lowest BCUT2D eigenvalue weighted by atomic mass is 9.82. The van der Waals surface area contributed by atoms with Crippen molar-refractivity contribution in [2.24, 2.45) is 5.41 Å². The Morgan fingerprint density at radius 1 is 1.20 bits per heavy atom. The van der Waals surface area contributed by atoms with Crippen LogP contribution in [0.2, 0.25) is 0 Å². The van der Waals surface area contributed by atoms with E-state index in [1.165, 1.54) is 25.0 Å². The molecule has 2 rings (SSSR count).